The Kier molecular flexibility index (Phi) is 4.34. The van der Waals surface area contributed by atoms with Crippen molar-refractivity contribution in [3.63, 3.8) is 0 Å². The Morgan fingerprint density at radius 3 is 3.04 bits per heavy atom. The van der Waals surface area contributed by atoms with Gasteiger partial charge in [0.15, 0.2) is 0 Å². The smallest absolute Gasteiger partial charge is 0.279 e. The maximum Gasteiger partial charge on any atom is 0.279 e. The van der Waals surface area contributed by atoms with Crippen molar-refractivity contribution in [3.8, 4) is 5.75 Å². The van der Waals surface area contributed by atoms with Gasteiger partial charge < -0.3 is 19.3 Å². The molecule has 8 heteroatoms. The number of likely N-dealkylation sites (N-methyl/N-ethyl adjacent to an activating group) is 1. The molecule has 4 rings (SSSR count). The number of unbranched alkanes of at least 4 members (excludes halogenated alkanes) is 1. The molecular weight excluding hydrogens is 334 g/mol. The second kappa shape index (κ2) is 6.80. The van der Waals surface area contributed by atoms with E-state index in [0.717, 1.165) is 36.4 Å². The van der Waals surface area contributed by atoms with E-state index in [1.165, 1.54) is 4.90 Å². The summed E-state index contributed by atoms with van der Waals surface area (Å²) in [7, 11) is 1.62. The van der Waals surface area contributed by atoms with E-state index in [9.17, 15) is 9.90 Å². The minimum Gasteiger partial charge on any atom is -0.494 e. The molecule has 0 radical (unpaired) electrons. The summed E-state index contributed by atoms with van der Waals surface area (Å²) in [5.41, 5.74) is 1.74. The van der Waals surface area contributed by atoms with Gasteiger partial charge in [-0.25, -0.2) is 9.98 Å². The highest BCUT2D eigenvalue weighted by Crippen LogP contribution is 2.33. The number of carbonyl (C=O) groups is 1. The molecule has 1 fully saturated rings. The van der Waals surface area contributed by atoms with Gasteiger partial charge in [0, 0.05) is 31.5 Å². The highest BCUT2D eigenvalue weighted by Gasteiger charge is 2.42. The third-order valence-corrected chi connectivity index (χ3v) is 4.65. The number of fused-ring (bicyclic) bond motifs is 2. The van der Waals surface area contributed by atoms with Crippen molar-refractivity contribution in [1.29, 1.82) is 0 Å². The summed E-state index contributed by atoms with van der Waals surface area (Å²) in [5.74, 6) is 0.910. The lowest BCUT2D eigenvalue weighted by atomic mass is 10.1. The van der Waals surface area contributed by atoms with Crippen LogP contribution in [0.3, 0.4) is 0 Å². The molecule has 1 aromatic carbocycles. The van der Waals surface area contributed by atoms with Crippen LogP contribution in [0.5, 0.6) is 5.75 Å². The third-order valence-electron chi connectivity index (χ3n) is 4.65. The zero-order valence-electron chi connectivity index (χ0n) is 14.6. The number of aliphatic imine (C=N–C) groups is 1. The quantitative estimate of drug-likeness (QED) is 0.791. The van der Waals surface area contributed by atoms with E-state index in [1.54, 1.807) is 18.1 Å². The molecule has 0 aliphatic carbocycles. The van der Waals surface area contributed by atoms with E-state index >= 15 is 0 Å². The first-order valence-corrected chi connectivity index (χ1v) is 8.66. The number of imidazole rings is 1. The van der Waals surface area contributed by atoms with Crippen molar-refractivity contribution in [2.45, 2.75) is 32.2 Å². The molecular formula is C18H21N5O3. The van der Waals surface area contributed by atoms with E-state index in [2.05, 4.69) is 9.98 Å². The number of carbonyl (C=O) groups excluding carboxylic acids is 1. The van der Waals surface area contributed by atoms with E-state index < -0.39 is 6.23 Å². The van der Waals surface area contributed by atoms with Crippen molar-refractivity contribution in [2.75, 3.05) is 13.7 Å². The highest BCUT2D eigenvalue weighted by atomic mass is 16.5. The molecule has 136 valence electrons. The maximum atomic E-state index is 11.9. The summed E-state index contributed by atoms with van der Waals surface area (Å²) >= 11 is 0. The number of ether oxygens (including phenoxy) is 1. The van der Waals surface area contributed by atoms with Gasteiger partial charge in [-0.15, -0.1) is 0 Å². The number of aliphatic hydroxyl groups excluding tert-OH is 1. The topological polar surface area (TPSA) is 83.2 Å². The van der Waals surface area contributed by atoms with Gasteiger partial charge in [0.05, 0.1) is 25.2 Å². The number of aliphatic hydroxyl groups is 1. The Balaban J connectivity index is 1.35. The Morgan fingerprint density at radius 1 is 1.35 bits per heavy atom. The second-order valence-electron chi connectivity index (χ2n) is 6.46. The number of guanidine groups is 1. The fourth-order valence-corrected chi connectivity index (χ4v) is 3.19. The largest absolute Gasteiger partial charge is 0.494 e. The van der Waals surface area contributed by atoms with Gasteiger partial charge >= 0.3 is 0 Å². The molecule has 2 aliphatic rings. The highest BCUT2D eigenvalue weighted by molar-refractivity contribution is 6.06. The lowest BCUT2D eigenvalue weighted by molar-refractivity contribution is -0.136. The molecule has 0 spiro atoms. The van der Waals surface area contributed by atoms with Crippen LogP contribution in [0, 0.1) is 0 Å². The Hall–Kier alpha value is -2.87. The number of rotatable bonds is 6. The number of amides is 1. The number of benzene rings is 1. The van der Waals surface area contributed by atoms with Crippen molar-refractivity contribution < 1.29 is 14.6 Å². The first-order chi connectivity index (χ1) is 12.6. The molecule has 2 aliphatic heterocycles. The lowest BCUT2D eigenvalue weighted by Crippen LogP contribution is -2.36. The lowest BCUT2D eigenvalue weighted by Gasteiger charge is -2.26. The summed E-state index contributed by atoms with van der Waals surface area (Å²) in [6.07, 6.45) is 6.34. The standard InChI is InChI=1S/C18H21N5O3/c1-21-16(24)17(25)23-11-13-10-14(4-5-15(13)20-18(21)23)26-9-3-2-7-22-8-6-19-12-22/h4-6,8,10,12,17,25H,2-3,7,9,11H2,1H3. The van der Waals surface area contributed by atoms with Crippen LogP contribution in [0.2, 0.25) is 0 Å². The van der Waals surface area contributed by atoms with Gasteiger partial charge in [0.25, 0.3) is 5.91 Å². The van der Waals surface area contributed by atoms with Crippen LogP contribution >= 0.6 is 0 Å². The van der Waals surface area contributed by atoms with Crippen molar-refractivity contribution >= 4 is 17.6 Å². The summed E-state index contributed by atoms with van der Waals surface area (Å²) in [6, 6.07) is 5.71. The number of nitrogens with zero attached hydrogens (tertiary/aromatic N) is 5. The molecule has 8 nitrogen and oxygen atoms in total. The third kappa shape index (κ3) is 3.03. The molecule has 1 amide bonds. The molecule has 1 atom stereocenters. The normalized spacial score (nSPS) is 18.6. The number of hydrogen-bond acceptors (Lipinski definition) is 6. The second-order valence-corrected chi connectivity index (χ2v) is 6.46. The van der Waals surface area contributed by atoms with Crippen molar-refractivity contribution in [2.24, 2.45) is 4.99 Å². The van der Waals surface area contributed by atoms with E-state index in [4.69, 9.17) is 4.74 Å². The predicted molar refractivity (Wildman–Crippen MR) is 94.8 cm³/mol. The number of aryl methyl sites for hydroxylation is 1. The molecule has 1 saturated heterocycles. The van der Waals surface area contributed by atoms with Gasteiger partial charge in [-0.05, 0) is 31.0 Å². The van der Waals surface area contributed by atoms with Crippen LogP contribution in [0.15, 0.2) is 41.9 Å². The van der Waals surface area contributed by atoms with Crippen LogP contribution < -0.4 is 4.74 Å². The maximum absolute atomic E-state index is 11.9. The van der Waals surface area contributed by atoms with Crippen LogP contribution in [-0.4, -0.2) is 56.2 Å². The summed E-state index contributed by atoms with van der Waals surface area (Å²) in [4.78, 5) is 23.4. The molecule has 26 heavy (non-hydrogen) atoms. The minimum atomic E-state index is -1.17. The van der Waals surface area contributed by atoms with Gasteiger partial charge in [-0.2, -0.15) is 0 Å². The average Bonchev–Trinajstić information content (AvgIpc) is 3.24. The van der Waals surface area contributed by atoms with Gasteiger partial charge in [-0.3, -0.25) is 9.69 Å². The predicted octanol–water partition coefficient (Wildman–Crippen LogP) is 1.34. The van der Waals surface area contributed by atoms with Crippen LogP contribution in [-0.2, 0) is 17.9 Å². The summed E-state index contributed by atoms with van der Waals surface area (Å²) < 4.78 is 7.89. The Labute approximate surface area is 151 Å². The zero-order chi connectivity index (χ0) is 18.1. The van der Waals surface area contributed by atoms with E-state index in [1.807, 2.05) is 35.3 Å². The van der Waals surface area contributed by atoms with Crippen LogP contribution in [0.4, 0.5) is 5.69 Å². The fraction of sp³-hybridized carbons (Fsp3) is 0.389. The molecule has 1 unspecified atom stereocenters. The molecule has 1 N–H and O–H groups in total. The molecule has 0 saturated carbocycles. The van der Waals surface area contributed by atoms with Gasteiger partial charge in [0.2, 0.25) is 12.2 Å². The van der Waals surface area contributed by atoms with Crippen LogP contribution in [0.25, 0.3) is 0 Å². The van der Waals surface area contributed by atoms with Crippen LogP contribution in [0.1, 0.15) is 18.4 Å². The average molecular weight is 355 g/mol. The summed E-state index contributed by atoms with van der Waals surface area (Å²) in [5, 5.41) is 10.1. The molecule has 3 heterocycles. The monoisotopic (exact) mass is 355 g/mol. The molecule has 2 aromatic rings. The van der Waals surface area contributed by atoms with Crippen molar-refractivity contribution in [1.82, 2.24) is 19.4 Å². The summed E-state index contributed by atoms with van der Waals surface area (Å²) in [6.45, 7) is 2.00. The Bertz CT molecular complexity index is 833. The van der Waals surface area contributed by atoms with Gasteiger partial charge in [0.1, 0.15) is 5.75 Å². The number of aromatic nitrogens is 2. The number of hydrogen-bond donors (Lipinski definition) is 1. The first-order valence-electron chi connectivity index (χ1n) is 8.66. The minimum absolute atomic E-state index is 0.356. The van der Waals surface area contributed by atoms with E-state index in [0.29, 0.717) is 19.1 Å². The van der Waals surface area contributed by atoms with Crippen molar-refractivity contribution in [3.05, 3.63) is 42.5 Å². The molecule has 0 bridgehead atoms. The molecule has 1 aromatic heterocycles. The Morgan fingerprint density at radius 2 is 2.23 bits per heavy atom. The SMILES string of the molecule is CN1C(=O)C(O)N2Cc3cc(OCCCCn4ccnc4)ccc3N=C12. The fourth-order valence-electron chi connectivity index (χ4n) is 3.19. The van der Waals surface area contributed by atoms with E-state index in [-0.39, 0.29) is 5.91 Å². The zero-order valence-corrected chi connectivity index (χ0v) is 14.6. The first kappa shape index (κ1) is 16.6. The van der Waals surface area contributed by atoms with Gasteiger partial charge in [-0.1, -0.05) is 0 Å².